The molecule has 0 aliphatic carbocycles. The highest BCUT2D eigenvalue weighted by Crippen LogP contribution is 2.26. The first-order chi connectivity index (χ1) is 11.0. The molecule has 0 atom stereocenters. The third kappa shape index (κ3) is 4.49. The van der Waals surface area contributed by atoms with Crippen LogP contribution in [0, 0.1) is 11.3 Å². The predicted molar refractivity (Wildman–Crippen MR) is 90.0 cm³/mol. The van der Waals surface area contributed by atoms with E-state index in [4.69, 9.17) is 38.9 Å². The van der Waals surface area contributed by atoms with Crippen LogP contribution >= 0.6 is 23.2 Å². The number of nitriles is 1. The number of amides is 1. The Morgan fingerprint density at radius 2 is 1.78 bits per heavy atom. The Morgan fingerprint density at radius 3 is 2.30 bits per heavy atom. The third-order valence-corrected chi connectivity index (χ3v) is 3.73. The Labute approximate surface area is 143 Å². The van der Waals surface area contributed by atoms with Crippen LogP contribution in [0.25, 0.3) is 6.08 Å². The van der Waals surface area contributed by atoms with E-state index in [2.05, 4.69) is 0 Å². The van der Waals surface area contributed by atoms with Crippen molar-refractivity contribution in [3.8, 4) is 11.8 Å². The van der Waals surface area contributed by atoms with E-state index in [0.717, 1.165) is 0 Å². The lowest BCUT2D eigenvalue weighted by Crippen LogP contribution is -2.12. The van der Waals surface area contributed by atoms with Gasteiger partial charge in [0.1, 0.15) is 24.0 Å². The first-order valence-corrected chi connectivity index (χ1v) is 7.34. The number of hydrogen-bond donors (Lipinski definition) is 1. The quantitative estimate of drug-likeness (QED) is 0.657. The number of rotatable bonds is 5. The van der Waals surface area contributed by atoms with Crippen LogP contribution in [0.3, 0.4) is 0 Å². The molecule has 2 aromatic carbocycles. The van der Waals surface area contributed by atoms with Crippen LogP contribution in [0.4, 0.5) is 0 Å². The third-order valence-electron chi connectivity index (χ3n) is 3.02. The lowest BCUT2D eigenvalue weighted by Gasteiger charge is -2.09. The lowest BCUT2D eigenvalue weighted by molar-refractivity contribution is -0.114. The van der Waals surface area contributed by atoms with Gasteiger partial charge in [-0.15, -0.1) is 0 Å². The molecule has 0 spiro atoms. The fourth-order valence-electron chi connectivity index (χ4n) is 1.81. The van der Waals surface area contributed by atoms with Crippen LogP contribution in [0.1, 0.15) is 11.1 Å². The average Bonchev–Trinajstić information content (AvgIpc) is 2.53. The molecule has 4 nitrogen and oxygen atoms in total. The van der Waals surface area contributed by atoms with Crippen LogP contribution < -0.4 is 10.5 Å². The van der Waals surface area contributed by atoms with Gasteiger partial charge in [-0.2, -0.15) is 5.26 Å². The molecule has 0 aliphatic heterocycles. The molecule has 0 saturated heterocycles. The van der Waals surface area contributed by atoms with Crippen molar-refractivity contribution in [1.82, 2.24) is 0 Å². The molecule has 0 bridgehead atoms. The molecule has 2 aromatic rings. The summed E-state index contributed by atoms with van der Waals surface area (Å²) in [5.74, 6) is -0.156. The van der Waals surface area contributed by atoms with Gasteiger partial charge in [-0.05, 0) is 35.9 Å². The number of nitrogens with two attached hydrogens (primary N) is 1. The highest BCUT2D eigenvalue weighted by molar-refractivity contribution is 6.35. The van der Waals surface area contributed by atoms with Crippen molar-refractivity contribution in [1.29, 1.82) is 5.26 Å². The van der Waals surface area contributed by atoms with E-state index >= 15 is 0 Å². The van der Waals surface area contributed by atoms with Crippen molar-refractivity contribution in [2.24, 2.45) is 5.73 Å². The number of nitrogens with zero attached hydrogens (tertiary/aromatic N) is 1. The second-order valence-electron chi connectivity index (χ2n) is 4.59. The summed E-state index contributed by atoms with van der Waals surface area (Å²) >= 11 is 12.2. The Balaban J connectivity index is 2.09. The summed E-state index contributed by atoms with van der Waals surface area (Å²) < 4.78 is 5.64. The molecule has 0 radical (unpaired) electrons. The van der Waals surface area contributed by atoms with Crippen molar-refractivity contribution < 1.29 is 9.53 Å². The van der Waals surface area contributed by atoms with E-state index in [1.807, 2.05) is 0 Å². The van der Waals surface area contributed by atoms with Gasteiger partial charge < -0.3 is 10.5 Å². The topological polar surface area (TPSA) is 76.1 Å². The fourth-order valence-corrected chi connectivity index (χ4v) is 2.32. The number of halogens is 2. The maximum atomic E-state index is 11.0. The summed E-state index contributed by atoms with van der Waals surface area (Å²) in [6.45, 7) is 0.235. The number of benzene rings is 2. The first kappa shape index (κ1) is 16.9. The highest BCUT2D eigenvalue weighted by atomic mass is 35.5. The smallest absolute Gasteiger partial charge is 0.259 e. The van der Waals surface area contributed by atoms with E-state index in [0.29, 0.717) is 26.9 Å². The van der Waals surface area contributed by atoms with Crippen LogP contribution in [0.2, 0.25) is 10.0 Å². The van der Waals surface area contributed by atoms with Gasteiger partial charge in [0.05, 0.1) is 0 Å². The van der Waals surface area contributed by atoms with E-state index in [-0.39, 0.29) is 12.2 Å². The van der Waals surface area contributed by atoms with E-state index in [9.17, 15) is 4.79 Å². The van der Waals surface area contributed by atoms with E-state index in [1.54, 1.807) is 48.5 Å². The predicted octanol–water partition coefficient (Wildman–Crippen LogP) is 3.96. The first-order valence-electron chi connectivity index (χ1n) is 6.58. The minimum absolute atomic E-state index is 0.110. The van der Waals surface area contributed by atoms with E-state index in [1.165, 1.54) is 6.08 Å². The summed E-state index contributed by atoms with van der Waals surface area (Å²) in [4.78, 5) is 11.0. The summed E-state index contributed by atoms with van der Waals surface area (Å²) in [6.07, 6.45) is 1.41. The molecule has 0 unspecified atom stereocenters. The van der Waals surface area contributed by atoms with Gasteiger partial charge >= 0.3 is 0 Å². The fraction of sp³-hybridized carbons (Fsp3) is 0.0588. The standard InChI is InChI=1S/C17H12Cl2N2O2/c18-15-2-1-3-16(19)14(15)10-23-13-6-4-11(5-7-13)8-12(9-20)17(21)22/h1-8H,10H2,(H2,21,22)/b12-8+. The second-order valence-corrected chi connectivity index (χ2v) is 5.41. The summed E-state index contributed by atoms with van der Waals surface area (Å²) in [7, 11) is 0. The molecule has 116 valence electrons. The highest BCUT2D eigenvalue weighted by Gasteiger charge is 2.07. The van der Waals surface area contributed by atoms with Gasteiger partial charge in [-0.25, -0.2) is 0 Å². The number of primary amides is 1. The SMILES string of the molecule is N#C/C(=C\c1ccc(OCc2c(Cl)cccc2Cl)cc1)C(N)=O. The average molecular weight is 347 g/mol. The molecule has 0 saturated carbocycles. The zero-order valence-corrected chi connectivity index (χ0v) is 13.4. The van der Waals surface area contributed by atoms with Gasteiger partial charge in [0.2, 0.25) is 0 Å². The van der Waals surface area contributed by atoms with Crippen molar-refractivity contribution >= 4 is 35.2 Å². The molecule has 1 amide bonds. The Kier molecular flexibility index (Phi) is 5.64. The molecule has 2 N–H and O–H groups in total. The monoisotopic (exact) mass is 346 g/mol. The molecule has 6 heteroatoms. The van der Waals surface area contributed by atoms with Gasteiger partial charge in [0.25, 0.3) is 5.91 Å². The summed E-state index contributed by atoms with van der Waals surface area (Å²) in [5, 5.41) is 9.88. The van der Waals surface area contributed by atoms with Crippen LogP contribution in [0.5, 0.6) is 5.75 Å². The number of hydrogen-bond acceptors (Lipinski definition) is 3. The lowest BCUT2D eigenvalue weighted by atomic mass is 10.1. The Bertz CT molecular complexity index is 773. The maximum absolute atomic E-state index is 11.0. The van der Waals surface area contributed by atoms with Crippen molar-refractivity contribution in [3.63, 3.8) is 0 Å². The maximum Gasteiger partial charge on any atom is 0.259 e. The molecular formula is C17H12Cl2N2O2. The molecule has 0 fully saturated rings. The van der Waals surface area contributed by atoms with Gasteiger partial charge in [0.15, 0.2) is 0 Å². The van der Waals surface area contributed by atoms with Gasteiger partial charge in [-0.1, -0.05) is 41.4 Å². The number of carbonyl (C=O) groups is 1. The Hall–Kier alpha value is -2.48. The zero-order valence-electron chi connectivity index (χ0n) is 11.9. The molecule has 0 aliphatic rings. The van der Waals surface area contributed by atoms with Gasteiger partial charge in [0, 0.05) is 15.6 Å². The van der Waals surface area contributed by atoms with Crippen LogP contribution in [0.15, 0.2) is 48.0 Å². The molecule has 0 heterocycles. The zero-order chi connectivity index (χ0) is 16.8. The summed E-state index contributed by atoms with van der Waals surface area (Å²) in [5.41, 5.74) is 6.35. The normalized spacial score (nSPS) is 10.9. The van der Waals surface area contributed by atoms with Crippen LogP contribution in [-0.4, -0.2) is 5.91 Å². The molecular weight excluding hydrogens is 335 g/mol. The Morgan fingerprint density at radius 1 is 1.17 bits per heavy atom. The number of ether oxygens (including phenoxy) is 1. The van der Waals surface area contributed by atoms with Crippen LogP contribution in [-0.2, 0) is 11.4 Å². The van der Waals surface area contributed by atoms with Gasteiger partial charge in [-0.3, -0.25) is 4.79 Å². The molecule has 2 rings (SSSR count). The van der Waals surface area contributed by atoms with Crippen molar-refractivity contribution in [2.75, 3.05) is 0 Å². The van der Waals surface area contributed by atoms with Crippen molar-refractivity contribution in [3.05, 3.63) is 69.2 Å². The van der Waals surface area contributed by atoms with Crippen molar-refractivity contribution in [2.45, 2.75) is 6.61 Å². The number of carbonyl (C=O) groups excluding carboxylic acids is 1. The minimum Gasteiger partial charge on any atom is -0.489 e. The summed E-state index contributed by atoms with van der Waals surface area (Å²) in [6, 6.07) is 13.9. The second kappa shape index (κ2) is 7.68. The largest absolute Gasteiger partial charge is 0.489 e. The molecule has 23 heavy (non-hydrogen) atoms. The van der Waals surface area contributed by atoms with E-state index < -0.39 is 5.91 Å². The minimum atomic E-state index is -0.763. The molecule has 0 aromatic heterocycles.